The molecule has 2 rings (SSSR count). The van der Waals surface area contributed by atoms with E-state index < -0.39 is 12.0 Å². The van der Waals surface area contributed by atoms with Gasteiger partial charge in [0.15, 0.2) is 0 Å². The van der Waals surface area contributed by atoms with Crippen molar-refractivity contribution < 1.29 is 9.90 Å². The molecule has 0 saturated carbocycles. The zero-order valence-corrected chi connectivity index (χ0v) is 12.9. The van der Waals surface area contributed by atoms with Gasteiger partial charge in [-0.25, -0.2) is 0 Å². The number of rotatable bonds is 5. The molecule has 0 aliphatic rings. The average molecular weight is 287 g/mol. The predicted molar refractivity (Wildman–Crippen MR) is 81.0 cm³/mol. The summed E-state index contributed by atoms with van der Waals surface area (Å²) in [7, 11) is 3.67. The minimum absolute atomic E-state index is 0.540. The Kier molecular flexibility index (Phi) is 4.43. The van der Waals surface area contributed by atoms with Crippen molar-refractivity contribution in [3.63, 3.8) is 0 Å². The van der Waals surface area contributed by atoms with Crippen molar-refractivity contribution in [3.05, 3.63) is 52.8 Å². The van der Waals surface area contributed by atoms with Gasteiger partial charge in [-0.3, -0.25) is 14.4 Å². The number of carbonyl (C=O) groups is 1. The number of aliphatic carboxylic acids is 1. The van der Waals surface area contributed by atoms with Crippen LogP contribution in [0.4, 0.5) is 0 Å². The van der Waals surface area contributed by atoms with Crippen LogP contribution in [0.15, 0.2) is 30.6 Å². The Bertz CT molecular complexity index is 649. The van der Waals surface area contributed by atoms with Crippen molar-refractivity contribution in [3.8, 4) is 0 Å². The molecule has 0 aliphatic carbocycles. The van der Waals surface area contributed by atoms with Gasteiger partial charge in [0, 0.05) is 25.4 Å². The summed E-state index contributed by atoms with van der Waals surface area (Å²) in [5.41, 5.74) is 3.96. The summed E-state index contributed by atoms with van der Waals surface area (Å²) >= 11 is 0. The molecule has 0 fully saturated rings. The summed E-state index contributed by atoms with van der Waals surface area (Å²) in [5, 5.41) is 13.7. The lowest BCUT2D eigenvalue weighted by Gasteiger charge is -2.26. The standard InChI is InChI=1S/C16H21N3O2/c1-11-5-6-14(12(2)7-11)15(16(20)21)18(3)9-13-8-17-19(4)10-13/h5-8,10,15H,9H2,1-4H3,(H,20,21). The van der Waals surface area contributed by atoms with E-state index >= 15 is 0 Å². The minimum atomic E-state index is -0.839. The van der Waals surface area contributed by atoms with Gasteiger partial charge in [-0.1, -0.05) is 23.8 Å². The zero-order chi connectivity index (χ0) is 15.6. The number of aromatic nitrogens is 2. The van der Waals surface area contributed by atoms with E-state index in [1.807, 2.05) is 57.2 Å². The van der Waals surface area contributed by atoms with Gasteiger partial charge in [0.25, 0.3) is 0 Å². The molecule has 0 saturated heterocycles. The molecular formula is C16H21N3O2. The third kappa shape index (κ3) is 3.49. The van der Waals surface area contributed by atoms with Crippen LogP contribution in [-0.4, -0.2) is 32.8 Å². The third-order valence-corrected chi connectivity index (χ3v) is 3.58. The largest absolute Gasteiger partial charge is 0.480 e. The maximum atomic E-state index is 11.7. The van der Waals surface area contributed by atoms with Crippen LogP contribution in [0.3, 0.4) is 0 Å². The van der Waals surface area contributed by atoms with Crippen molar-refractivity contribution in [2.75, 3.05) is 7.05 Å². The summed E-state index contributed by atoms with van der Waals surface area (Å²) in [6.07, 6.45) is 3.66. The molecule has 1 atom stereocenters. The molecule has 0 spiro atoms. The SMILES string of the molecule is Cc1ccc(C(C(=O)O)N(C)Cc2cnn(C)c2)c(C)c1. The van der Waals surface area contributed by atoms with Crippen molar-refractivity contribution in [1.82, 2.24) is 14.7 Å². The maximum absolute atomic E-state index is 11.7. The Labute approximate surface area is 124 Å². The molecule has 0 amide bonds. The molecule has 2 aromatic rings. The lowest BCUT2D eigenvalue weighted by molar-refractivity contribution is -0.143. The Hall–Kier alpha value is -2.14. The van der Waals surface area contributed by atoms with Gasteiger partial charge in [-0.05, 0) is 32.0 Å². The normalized spacial score (nSPS) is 12.6. The second-order valence-electron chi connectivity index (χ2n) is 5.54. The smallest absolute Gasteiger partial charge is 0.325 e. The first-order valence-corrected chi connectivity index (χ1v) is 6.86. The van der Waals surface area contributed by atoms with Crippen LogP contribution in [0, 0.1) is 13.8 Å². The minimum Gasteiger partial charge on any atom is -0.480 e. The number of hydrogen-bond donors (Lipinski definition) is 1. The number of hydrogen-bond acceptors (Lipinski definition) is 3. The third-order valence-electron chi connectivity index (χ3n) is 3.58. The molecule has 5 heteroatoms. The van der Waals surface area contributed by atoms with Crippen LogP contribution in [0.5, 0.6) is 0 Å². The molecule has 0 bridgehead atoms. The molecule has 0 radical (unpaired) electrons. The van der Waals surface area contributed by atoms with E-state index in [0.717, 1.165) is 22.3 Å². The van der Waals surface area contributed by atoms with Crippen molar-refractivity contribution in [1.29, 1.82) is 0 Å². The second-order valence-corrected chi connectivity index (χ2v) is 5.54. The van der Waals surface area contributed by atoms with E-state index in [2.05, 4.69) is 5.10 Å². The predicted octanol–water partition coefficient (Wildman–Crippen LogP) is 2.29. The van der Waals surface area contributed by atoms with E-state index in [4.69, 9.17) is 0 Å². The summed E-state index contributed by atoms with van der Waals surface area (Å²) in [5.74, 6) is -0.839. The first-order valence-electron chi connectivity index (χ1n) is 6.86. The topological polar surface area (TPSA) is 58.4 Å². The van der Waals surface area contributed by atoms with Gasteiger partial charge in [-0.2, -0.15) is 5.10 Å². The number of likely N-dealkylation sites (N-methyl/N-ethyl adjacent to an activating group) is 1. The highest BCUT2D eigenvalue weighted by molar-refractivity contribution is 5.76. The fourth-order valence-corrected chi connectivity index (χ4v) is 2.62. The maximum Gasteiger partial charge on any atom is 0.325 e. The molecule has 1 aromatic carbocycles. The van der Waals surface area contributed by atoms with Crippen LogP contribution < -0.4 is 0 Å². The molecule has 5 nitrogen and oxygen atoms in total. The van der Waals surface area contributed by atoms with Gasteiger partial charge < -0.3 is 5.11 Å². The van der Waals surface area contributed by atoms with Gasteiger partial charge in [0.05, 0.1) is 6.20 Å². The summed E-state index contributed by atoms with van der Waals surface area (Å²) in [4.78, 5) is 13.5. The number of aryl methyl sites for hydroxylation is 3. The number of carboxylic acid groups (broad SMARTS) is 1. The molecule has 0 aliphatic heterocycles. The van der Waals surface area contributed by atoms with Crippen LogP contribution in [-0.2, 0) is 18.4 Å². The van der Waals surface area contributed by atoms with Gasteiger partial charge in [0.2, 0.25) is 0 Å². The highest BCUT2D eigenvalue weighted by atomic mass is 16.4. The number of benzene rings is 1. The van der Waals surface area contributed by atoms with Crippen molar-refractivity contribution in [2.45, 2.75) is 26.4 Å². The molecule has 112 valence electrons. The van der Waals surface area contributed by atoms with Crippen LogP contribution in [0.25, 0.3) is 0 Å². The van der Waals surface area contributed by atoms with E-state index in [1.165, 1.54) is 0 Å². The number of nitrogens with zero attached hydrogens (tertiary/aromatic N) is 3. The highest BCUT2D eigenvalue weighted by Crippen LogP contribution is 2.25. The first kappa shape index (κ1) is 15.3. The quantitative estimate of drug-likeness (QED) is 0.916. The Morgan fingerprint density at radius 1 is 1.43 bits per heavy atom. The van der Waals surface area contributed by atoms with Crippen LogP contribution >= 0.6 is 0 Å². The second kappa shape index (κ2) is 6.10. The summed E-state index contributed by atoms with van der Waals surface area (Å²) in [6, 6.07) is 5.22. The van der Waals surface area contributed by atoms with Crippen LogP contribution in [0.2, 0.25) is 0 Å². The van der Waals surface area contributed by atoms with E-state index in [1.54, 1.807) is 10.9 Å². The average Bonchev–Trinajstić information content (AvgIpc) is 2.77. The van der Waals surface area contributed by atoms with Gasteiger partial charge >= 0.3 is 5.97 Å². The Morgan fingerprint density at radius 2 is 2.14 bits per heavy atom. The first-order chi connectivity index (χ1) is 9.88. The van der Waals surface area contributed by atoms with Crippen LogP contribution in [0.1, 0.15) is 28.3 Å². The monoisotopic (exact) mass is 287 g/mol. The lowest BCUT2D eigenvalue weighted by atomic mass is 9.98. The van der Waals surface area contributed by atoms with Crippen molar-refractivity contribution >= 4 is 5.97 Å². The van der Waals surface area contributed by atoms with E-state index in [9.17, 15) is 9.90 Å². The molecule has 1 heterocycles. The molecule has 1 unspecified atom stereocenters. The van der Waals surface area contributed by atoms with E-state index in [0.29, 0.717) is 6.54 Å². The molecule has 1 N–H and O–H groups in total. The lowest BCUT2D eigenvalue weighted by Crippen LogP contribution is -2.31. The molecule has 21 heavy (non-hydrogen) atoms. The summed E-state index contributed by atoms with van der Waals surface area (Å²) in [6.45, 7) is 4.50. The molecular weight excluding hydrogens is 266 g/mol. The van der Waals surface area contributed by atoms with Gasteiger partial charge in [-0.15, -0.1) is 0 Å². The molecule has 1 aromatic heterocycles. The summed E-state index contributed by atoms with van der Waals surface area (Å²) < 4.78 is 1.72. The fraction of sp³-hybridized carbons (Fsp3) is 0.375. The Balaban J connectivity index is 2.27. The van der Waals surface area contributed by atoms with Gasteiger partial charge in [0.1, 0.15) is 6.04 Å². The van der Waals surface area contributed by atoms with Crippen molar-refractivity contribution in [2.24, 2.45) is 7.05 Å². The highest BCUT2D eigenvalue weighted by Gasteiger charge is 2.26. The fourth-order valence-electron chi connectivity index (χ4n) is 2.62. The zero-order valence-electron chi connectivity index (χ0n) is 12.9. The number of carboxylic acids is 1. The van der Waals surface area contributed by atoms with E-state index in [-0.39, 0.29) is 0 Å². The Morgan fingerprint density at radius 3 is 2.67 bits per heavy atom.